The van der Waals surface area contributed by atoms with Crippen molar-refractivity contribution in [3.63, 3.8) is 0 Å². The molecule has 0 fully saturated rings. The molecule has 3 heteroatoms. The molecule has 18 heavy (non-hydrogen) atoms. The van der Waals surface area contributed by atoms with E-state index in [1.807, 2.05) is 16.7 Å². The minimum absolute atomic E-state index is 0.136. The largest absolute Gasteiger partial charge is 0.330 e. The Labute approximate surface area is 107 Å². The highest BCUT2D eigenvalue weighted by molar-refractivity contribution is 5.96. The van der Waals surface area contributed by atoms with E-state index >= 15 is 0 Å². The van der Waals surface area contributed by atoms with Crippen LogP contribution in [0.3, 0.4) is 0 Å². The quantitative estimate of drug-likeness (QED) is 0.879. The van der Waals surface area contributed by atoms with Gasteiger partial charge in [-0.05, 0) is 37.3 Å². The van der Waals surface area contributed by atoms with Crippen LogP contribution in [0.1, 0.15) is 35.3 Å². The van der Waals surface area contributed by atoms with Crippen LogP contribution in [0.25, 0.3) is 10.9 Å². The summed E-state index contributed by atoms with van der Waals surface area (Å²) in [6, 6.07) is 8.22. The van der Waals surface area contributed by atoms with Crippen LogP contribution < -0.4 is 5.73 Å². The van der Waals surface area contributed by atoms with Gasteiger partial charge in [0.15, 0.2) is 0 Å². The molecular formula is C15H18N2O. The van der Waals surface area contributed by atoms with Gasteiger partial charge in [-0.3, -0.25) is 9.36 Å². The minimum Gasteiger partial charge on any atom is -0.330 e. The van der Waals surface area contributed by atoms with Gasteiger partial charge in [-0.25, -0.2) is 0 Å². The van der Waals surface area contributed by atoms with E-state index in [0.29, 0.717) is 13.0 Å². The molecule has 2 N–H and O–H groups in total. The summed E-state index contributed by atoms with van der Waals surface area (Å²) in [7, 11) is 0. The molecule has 1 aromatic carbocycles. The Morgan fingerprint density at radius 3 is 2.83 bits per heavy atom. The fourth-order valence-corrected chi connectivity index (χ4v) is 3.02. The topological polar surface area (TPSA) is 48.0 Å². The summed E-state index contributed by atoms with van der Waals surface area (Å²) in [5.41, 5.74) is 9.18. The van der Waals surface area contributed by atoms with Crippen LogP contribution >= 0.6 is 0 Å². The number of hydrogen-bond acceptors (Lipinski definition) is 2. The van der Waals surface area contributed by atoms with Crippen LogP contribution in [0, 0.1) is 0 Å². The van der Waals surface area contributed by atoms with E-state index in [1.54, 1.807) is 0 Å². The lowest BCUT2D eigenvalue weighted by molar-refractivity contribution is 0.0907. The first kappa shape index (κ1) is 11.5. The van der Waals surface area contributed by atoms with Crippen molar-refractivity contribution >= 4 is 16.8 Å². The zero-order valence-corrected chi connectivity index (χ0v) is 10.5. The van der Waals surface area contributed by atoms with E-state index in [2.05, 4.69) is 12.1 Å². The zero-order chi connectivity index (χ0) is 12.5. The van der Waals surface area contributed by atoms with Crippen LogP contribution in [0.15, 0.2) is 24.3 Å². The first-order valence-corrected chi connectivity index (χ1v) is 6.67. The summed E-state index contributed by atoms with van der Waals surface area (Å²) in [5.74, 6) is 0.136. The molecule has 1 aromatic heterocycles. The fourth-order valence-electron chi connectivity index (χ4n) is 3.02. The summed E-state index contributed by atoms with van der Waals surface area (Å²) in [4.78, 5) is 12.3. The molecule has 0 spiro atoms. The van der Waals surface area contributed by atoms with Crippen molar-refractivity contribution in [2.45, 2.75) is 32.1 Å². The molecule has 0 atom stereocenters. The first-order valence-electron chi connectivity index (χ1n) is 6.67. The number of para-hydroxylation sites is 1. The average molecular weight is 242 g/mol. The SMILES string of the molecule is NCCC(=O)n1c2c(c3ccccc31)CCCC2. The number of nitrogens with two attached hydrogens (primary N) is 1. The maximum absolute atomic E-state index is 12.3. The van der Waals surface area contributed by atoms with Crippen molar-refractivity contribution in [3.05, 3.63) is 35.5 Å². The lowest BCUT2D eigenvalue weighted by atomic mass is 9.95. The monoisotopic (exact) mass is 242 g/mol. The molecule has 0 saturated heterocycles. The number of rotatable bonds is 2. The number of benzene rings is 1. The number of fused-ring (bicyclic) bond motifs is 3. The van der Waals surface area contributed by atoms with Crippen LogP contribution in [-0.2, 0) is 12.8 Å². The molecule has 94 valence electrons. The number of aromatic nitrogens is 1. The van der Waals surface area contributed by atoms with E-state index < -0.39 is 0 Å². The van der Waals surface area contributed by atoms with E-state index in [0.717, 1.165) is 18.4 Å². The molecule has 3 rings (SSSR count). The van der Waals surface area contributed by atoms with Crippen molar-refractivity contribution < 1.29 is 4.79 Å². The van der Waals surface area contributed by atoms with Gasteiger partial charge >= 0.3 is 0 Å². The Bertz CT molecular complexity index is 598. The maximum Gasteiger partial charge on any atom is 0.232 e. The summed E-state index contributed by atoms with van der Waals surface area (Å²) in [5, 5.41) is 1.25. The molecule has 1 heterocycles. The number of hydrogen-bond donors (Lipinski definition) is 1. The second-order valence-electron chi connectivity index (χ2n) is 4.92. The third kappa shape index (κ3) is 1.66. The second-order valence-corrected chi connectivity index (χ2v) is 4.92. The molecule has 0 unspecified atom stereocenters. The lowest BCUT2D eigenvalue weighted by Gasteiger charge is -2.14. The van der Waals surface area contributed by atoms with Gasteiger partial charge in [0.1, 0.15) is 0 Å². The Morgan fingerprint density at radius 1 is 1.22 bits per heavy atom. The van der Waals surface area contributed by atoms with Gasteiger partial charge in [-0.1, -0.05) is 18.2 Å². The van der Waals surface area contributed by atoms with Crippen LogP contribution in [0.5, 0.6) is 0 Å². The van der Waals surface area contributed by atoms with Crippen molar-refractivity contribution in [2.24, 2.45) is 5.73 Å². The highest BCUT2D eigenvalue weighted by Gasteiger charge is 2.22. The van der Waals surface area contributed by atoms with Gasteiger partial charge in [0.2, 0.25) is 5.91 Å². The normalized spacial score (nSPS) is 14.7. The van der Waals surface area contributed by atoms with Gasteiger partial charge < -0.3 is 5.73 Å². The summed E-state index contributed by atoms with van der Waals surface area (Å²) in [6.45, 7) is 0.417. The maximum atomic E-state index is 12.3. The molecule has 0 amide bonds. The summed E-state index contributed by atoms with van der Waals surface area (Å²) >= 11 is 0. The van der Waals surface area contributed by atoms with E-state index in [9.17, 15) is 4.79 Å². The Hall–Kier alpha value is -1.61. The number of carbonyl (C=O) groups excluding carboxylic acids is 1. The van der Waals surface area contributed by atoms with E-state index in [4.69, 9.17) is 5.73 Å². The van der Waals surface area contributed by atoms with Gasteiger partial charge in [-0.15, -0.1) is 0 Å². The van der Waals surface area contributed by atoms with Gasteiger partial charge in [-0.2, -0.15) is 0 Å². The minimum atomic E-state index is 0.136. The van der Waals surface area contributed by atoms with Crippen molar-refractivity contribution in [2.75, 3.05) is 6.54 Å². The number of aryl methyl sites for hydroxylation is 1. The average Bonchev–Trinajstić information content (AvgIpc) is 2.73. The molecule has 0 aliphatic heterocycles. The molecule has 0 bridgehead atoms. The lowest BCUT2D eigenvalue weighted by Crippen LogP contribution is -2.19. The predicted molar refractivity (Wildman–Crippen MR) is 72.9 cm³/mol. The van der Waals surface area contributed by atoms with Crippen LogP contribution in [0.4, 0.5) is 0 Å². The van der Waals surface area contributed by atoms with Gasteiger partial charge in [0, 0.05) is 24.0 Å². The Balaban J connectivity index is 2.25. The van der Waals surface area contributed by atoms with Crippen LogP contribution in [-0.4, -0.2) is 17.0 Å². The van der Waals surface area contributed by atoms with Crippen molar-refractivity contribution in [1.29, 1.82) is 0 Å². The highest BCUT2D eigenvalue weighted by atomic mass is 16.2. The first-order chi connectivity index (χ1) is 8.83. The van der Waals surface area contributed by atoms with Gasteiger partial charge in [0.05, 0.1) is 5.52 Å². The van der Waals surface area contributed by atoms with E-state index in [1.165, 1.54) is 29.5 Å². The zero-order valence-electron chi connectivity index (χ0n) is 10.5. The van der Waals surface area contributed by atoms with Crippen molar-refractivity contribution in [1.82, 2.24) is 4.57 Å². The molecule has 0 saturated carbocycles. The standard InChI is InChI=1S/C15H18N2O/c16-10-9-15(18)17-13-7-3-1-5-11(13)12-6-2-4-8-14(12)17/h1,3,5,7H,2,4,6,8-10,16H2. The number of carbonyl (C=O) groups is 1. The predicted octanol–water partition coefficient (Wildman–Crippen LogP) is 2.51. The van der Waals surface area contributed by atoms with Gasteiger partial charge in [0.25, 0.3) is 0 Å². The Morgan fingerprint density at radius 2 is 2.00 bits per heavy atom. The second kappa shape index (κ2) is 4.58. The summed E-state index contributed by atoms with van der Waals surface area (Å²) in [6.07, 6.45) is 4.94. The molecule has 1 aliphatic carbocycles. The van der Waals surface area contributed by atoms with E-state index in [-0.39, 0.29) is 5.91 Å². The highest BCUT2D eigenvalue weighted by Crippen LogP contribution is 2.32. The van der Waals surface area contributed by atoms with Crippen LogP contribution in [0.2, 0.25) is 0 Å². The summed E-state index contributed by atoms with van der Waals surface area (Å²) < 4.78 is 1.91. The fraction of sp³-hybridized carbons (Fsp3) is 0.400. The third-order valence-corrected chi connectivity index (χ3v) is 3.79. The smallest absolute Gasteiger partial charge is 0.232 e. The molecule has 2 aromatic rings. The molecule has 1 aliphatic rings. The van der Waals surface area contributed by atoms with Crippen molar-refractivity contribution in [3.8, 4) is 0 Å². The Kier molecular flexibility index (Phi) is 2.92. The number of nitrogens with zero attached hydrogens (tertiary/aromatic N) is 1. The third-order valence-electron chi connectivity index (χ3n) is 3.79. The molecular weight excluding hydrogens is 224 g/mol. The molecule has 3 nitrogen and oxygen atoms in total. The molecule has 0 radical (unpaired) electrons.